The molecule has 0 spiro atoms. The number of benzene rings is 3. The number of halogens is 2. The number of imide groups is 1. The Labute approximate surface area is 252 Å². The third-order valence-electron chi connectivity index (χ3n) is 7.04. The molecule has 0 aliphatic carbocycles. The van der Waals surface area contributed by atoms with E-state index in [-0.39, 0.29) is 23.2 Å². The molecule has 3 aromatic carbocycles. The Balaban J connectivity index is 1.38. The van der Waals surface area contributed by atoms with E-state index in [1.165, 1.54) is 9.47 Å². The predicted molar refractivity (Wildman–Crippen MR) is 161 cm³/mol. The van der Waals surface area contributed by atoms with Crippen LogP contribution in [0, 0.1) is 5.92 Å². The molecule has 12 heteroatoms. The zero-order valence-electron chi connectivity index (χ0n) is 21.4. The van der Waals surface area contributed by atoms with Gasteiger partial charge in [0, 0.05) is 26.5 Å². The molecular formula is C29H21Cl2N3O5S2. The van der Waals surface area contributed by atoms with Crippen LogP contribution in [-0.2, 0) is 20.9 Å². The summed E-state index contributed by atoms with van der Waals surface area (Å²) >= 11 is 14.3. The maximum Gasteiger partial charge on any atom is 0.308 e. The highest BCUT2D eigenvalue weighted by Gasteiger charge is 2.56. The molecule has 3 atom stereocenters. The van der Waals surface area contributed by atoms with Crippen LogP contribution in [0.15, 0.2) is 82.6 Å². The second-order valence-electron chi connectivity index (χ2n) is 9.48. The SMILES string of the molecule is COc1ccc(NC(=O)Cn2c3c(sc2=O)[C@@H](c2ccc(Cl)cc2)[C@@H]2C(=O)N(c4ccc(Cl)cc4)C(=O)[C@@H]2S3)cc1. The summed E-state index contributed by atoms with van der Waals surface area (Å²) in [5.41, 5.74) is 1.73. The van der Waals surface area contributed by atoms with E-state index in [0.29, 0.717) is 37.1 Å². The average molecular weight is 627 g/mol. The molecule has 8 nitrogen and oxygen atoms in total. The van der Waals surface area contributed by atoms with Gasteiger partial charge in [-0.15, -0.1) is 0 Å². The largest absolute Gasteiger partial charge is 0.497 e. The number of anilines is 2. The second kappa shape index (κ2) is 11.0. The molecule has 1 saturated heterocycles. The summed E-state index contributed by atoms with van der Waals surface area (Å²) < 4.78 is 6.53. The lowest BCUT2D eigenvalue weighted by molar-refractivity contribution is -0.122. The third kappa shape index (κ3) is 5.05. The first-order chi connectivity index (χ1) is 19.7. The van der Waals surface area contributed by atoms with E-state index in [2.05, 4.69) is 5.32 Å². The Morgan fingerprint density at radius 3 is 2.17 bits per heavy atom. The number of nitrogens with zero attached hydrogens (tertiary/aromatic N) is 2. The number of thioether (sulfide) groups is 1. The van der Waals surface area contributed by atoms with Crippen LogP contribution in [0.25, 0.3) is 0 Å². The smallest absolute Gasteiger partial charge is 0.308 e. The molecule has 1 fully saturated rings. The minimum absolute atomic E-state index is 0.253. The molecule has 3 heterocycles. The van der Waals surface area contributed by atoms with Crippen LogP contribution < -0.4 is 19.8 Å². The van der Waals surface area contributed by atoms with Crippen molar-refractivity contribution in [2.75, 3.05) is 17.3 Å². The van der Waals surface area contributed by atoms with Crippen LogP contribution in [0.3, 0.4) is 0 Å². The number of hydrogen-bond acceptors (Lipinski definition) is 7. The molecule has 0 bridgehead atoms. The quantitative estimate of drug-likeness (QED) is 0.278. The molecule has 4 aromatic rings. The van der Waals surface area contributed by atoms with E-state index in [1.807, 2.05) is 0 Å². The Kier molecular flexibility index (Phi) is 7.41. The molecule has 2 aliphatic heterocycles. The predicted octanol–water partition coefficient (Wildman–Crippen LogP) is 5.66. The van der Waals surface area contributed by atoms with E-state index in [1.54, 1.807) is 79.9 Å². The molecule has 6 rings (SSSR count). The number of aromatic nitrogens is 1. The van der Waals surface area contributed by atoms with Gasteiger partial charge in [0.25, 0.3) is 0 Å². The van der Waals surface area contributed by atoms with Gasteiger partial charge < -0.3 is 10.1 Å². The fraction of sp³-hybridized carbons (Fsp3) is 0.172. The van der Waals surface area contributed by atoms with Gasteiger partial charge in [0.15, 0.2) is 0 Å². The first-order valence-electron chi connectivity index (χ1n) is 12.5. The standard InChI is InChI=1S/C29H21Cl2N3O5S2/c1-39-20-12-8-18(9-13-20)32-21(35)14-33-28-25(41-29(33)38)22(15-2-4-16(30)5-3-15)23-24(40-28)27(37)34(26(23)36)19-10-6-17(31)7-11-19/h2-13,22-24H,14H2,1H3,(H,32,35)/t22-,23-,24+/m0/s1. The topological polar surface area (TPSA) is 97.7 Å². The fourth-order valence-corrected chi connectivity index (χ4v) is 8.17. The monoisotopic (exact) mass is 625 g/mol. The van der Waals surface area contributed by atoms with Gasteiger partial charge in [-0.2, -0.15) is 0 Å². The maximum atomic E-state index is 13.9. The van der Waals surface area contributed by atoms with Crippen molar-refractivity contribution in [3.05, 3.63) is 103 Å². The second-order valence-corrected chi connectivity index (χ2v) is 12.5. The molecule has 3 amide bonds. The van der Waals surface area contributed by atoms with E-state index >= 15 is 0 Å². The number of thiazole rings is 1. The van der Waals surface area contributed by atoms with Gasteiger partial charge in [-0.05, 0) is 66.2 Å². The lowest BCUT2D eigenvalue weighted by atomic mass is 9.83. The Morgan fingerprint density at radius 1 is 0.902 bits per heavy atom. The molecule has 0 unspecified atom stereocenters. The summed E-state index contributed by atoms with van der Waals surface area (Å²) in [5.74, 6) is -1.83. The van der Waals surface area contributed by atoms with Gasteiger partial charge in [0.1, 0.15) is 17.5 Å². The first-order valence-corrected chi connectivity index (χ1v) is 14.9. The highest BCUT2D eigenvalue weighted by Crippen LogP contribution is 2.54. The van der Waals surface area contributed by atoms with Crippen LogP contribution in [0.4, 0.5) is 11.4 Å². The number of carbonyl (C=O) groups is 3. The average Bonchev–Trinajstić information content (AvgIpc) is 3.40. The highest BCUT2D eigenvalue weighted by atomic mass is 35.5. The van der Waals surface area contributed by atoms with Crippen molar-refractivity contribution in [3.8, 4) is 5.75 Å². The zero-order chi connectivity index (χ0) is 28.8. The molecule has 41 heavy (non-hydrogen) atoms. The van der Waals surface area contributed by atoms with Crippen molar-refractivity contribution in [3.63, 3.8) is 0 Å². The maximum absolute atomic E-state index is 13.9. The number of hydrogen-bond donors (Lipinski definition) is 1. The molecule has 208 valence electrons. The molecule has 1 aromatic heterocycles. The van der Waals surface area contributed by atoms with Crippen molar-refractivity contribution >= 4 is 75.4 Å². The molecule has 0 radical (unpaired) electrons. The lowest BCUT2D eigenvalue weighted by Crippen LogP contribution is -2.33. The molecular weight excluding hydrogens is 605 g/mol. The van der Waals surface area contributed by atoms with Crippen LogP contribution in [-0.4, -0.2) is 34.6 Å². The summed E-state index contributed by atoms with van der Waals surface area (Å²) in [4.78, 5) is 55.4. The minimum atomic E-state index is -0.795. The molecule has 1 N–H and O–H groups in total. The lowest BCUT2D eigenvalue weighted by Gasteiger charge is -2.30. The number of nitrogens with one attached hydrogen (secondary N) is 1. The van der Waals surface area contributed by atoms with E-state index in [4.69, 9.17) is 27.9 Å². The Hall–Kier alpha value is -3.57. The molecule has 0 saturated carbocycles. The highest BCUT2D eigenvalue weighted by molar-refractivity contribution is 8.00. The fourth-order valence-electron chi connectivity index (χ4n) is 5.15. The van der Waals surface area contributed by atoms with Crippen molar-refractivity contribution in [1.29, 1.82) is 0 Å². The Bertz CT molecular complexity index is 1720. The van der Waals surface area contributed by atoms with Gasteiger partial charge in [0.05, 0.1) is 23.7 Å². The number of amides is 3. The van der Waals surface area contributed by atoms with Crippen molar-refractivity contribution in [2.45, 2.75) is 22.7 Å². The first kappa shape index (κ1) is 27.6. The number of rotatable bonds is 6. The summed E-state index contributed by atoms with van der Waals surface area (Å²) in [6.45, 7) is -0.253. The van der Waals surface area contributed by atoms with Crippen LogP contribution in [0.2, 0.25) is 10.0 Å². The van der Waals surface area contributed by atoms with E-state index < -0.39 is 23.0 Å². The van der Waals surface area contributed by atoms with E-state index in [0.717, 1.165) is 28.7 Å². The van der Waals surface area contributed by atoms with Crippen LogP contribution >= 0.6 is 46.3 Å². The summed E-state index contributed by atoms with van der Waals surface area (Å²) in [6.07, 6.45) is 0. The van der Waals surface area contributed by atoms with Crippen LogP contribution in [0.5, 0.6) is 5.75 Å². The van der Waals surface area contributed by atoms with Gasteiger partial charge in [-0.1, -0.05) is 58.4 Å². The van der Waals surface area contributed by atoms with Gasteiger partial charge >= 0.3 is 4.87 Å². The van der Waals surface area contributed by atoms with Gasteiger partial charge in [0.2, 0.25) is 17.7 Å². The Morgan fingerprint density at radius 2 is 1.54 bits per heavy atom. The number of methoxy groups -OCH3 is 1. The normalized spacial score (nSPS) is 19.6. The summed E-state index contributed by atoms with van der Waals surface area (Å²) in [7, 11) is 1.55. The van der Waals surface area contributed by atoms with Crippen molar-refractivity contribution in [1.82, 2.24) is 4.57 Å². The molecule has 2 aliphatic rings. The van der Waals surface area contributed by atoms with E-state index in [9.17, 15) is 19.2 Å². The van der Waals surface area contributed by atoms with Crippen LogP contribution in [0.1, 0.15) is 16.4 Å². The minimum Gasteiger partial charge on any atom is -0.497 e. The number of ether oxygens (including phenoxy) is 1. The third-order valence-corrected chi connectivity index (χ3v) is 10.1. The summed E-state index contributed by atoms with van der Waals surface area (Å²) in [5, 5.41) is 3.51. The number of carbonyl (C=O) groups excluding carboxylic acids is 3. The van der Waals surface area contributed by atoms with Gasteiger partial charge in [-0.3, -0.25) is 23.7 Å². The number of fused-ring (bicyclic) bond motifs is 2. The van der Waals surface area contributed by atoms with Crippen molar-refractivity contribution in [2.24, 2.45) is 5.92 Å². The zero-order valence-corrected chi connectivity index (χ0v) is 24.5. The summed E-state index contributed by atoms with van der Waals surface area (Å²) in [6, 6.07) is 20.4. The van der Waals surface area contributed by atoms with Gasteiger partial charge in [-0.25, -0.2) is 4.90 Å². The van der Waals surface area contributed by atoms with Crippen molar-refractivity contribution < 1.29 is 19.1 Å².